The number of pyridine rings is 1. The number of piperazine rings is 1. The van der Waals surface area contributed by atoms with Gasteiger partial charge >= 0.3 is 0 Å². The predicted molar refractivity (Wildman–Crippen MR) is 108 cm³/mol. The monoisotopic (exact) mass is 364 g/mol. The normalized spacial score (nSPS) is 19.2. The number of fused-ring (bicyclic) bond motifs is 1. The number of H-pyrrole nitrogens is 1. The van der Waals surface area contributed by atoms with Crippen molar-refractivity contribution < 1.29 is 0 Å². The summed E-state index contributed by atoms with van der Waals surface area (Å²) < 4.78 is 2.41. The van der Waals surface area contributed by atoms with Gasteiger partial charge in [-0.25, -0.2) is 0 Å². The molecule has 6 nitrogen and oxygen atoms in total. The fraction of sp³-hybridized carbons (Fsp3) is 0.524. The van der Waals surface area contributed by atoms with Gasteiger partial charge in [0.1, 0.15) is 5.69 Å². The molecular weight excluding hydrogens is 336 g/mol. The van der Waals surface area contributed by atoms with Crippen LogP contribution >= 0.6 is 0 Å². The van der Waals surface area contributed by atoms with Crippen LogP contribution in [0.15, 0.2) is 24.4 Å². The van der Waals surface area contributed by atoms with Crippen LogP contribution in [0.4, 0.5) is 0 Å². The van der Waals surface area contributed by atoms with Crippen molar-refractivity contribution in [2.45, 2.75) is 45.8 Å². The number of aromatic amines is 1. The molecule has 0 spiro atoms. The van der Waals surface area contributed by atoms with E-state index in [9.17, 15) is 0 Å². The van der Waals surface area contributed by atoms with Crippen molar-refractivity contribution in [3.05, 3.63) is 35.8 Å². The van der Waals surface area contributed by atoms with E-state index in [0.29, 0.717) is 0 Å². The van der Waals surface area contributed by atoms with Gasteiger partial charge < -0.3 is 4.57 Å². The van der Waals surface area contributed by atoms with Crippen molar-refractivity contribution >= 4 is 10.9 Å². The van der Waals surface area contributed by atoms with E-state index in [2.05, 4.69) is 54.7 Å². The molecule has 27 heavy (non-hydrogen) atoms. The van der Waals surface area contributed by atoms with Crippen LogP contribution in [0.2, 0.25) is 0 Å². The molecule has 0 amide bonds. The largest absolute Gasteiger partial charge is 0.342 e. The lowest BCUT2D eigenvalue weighted by atomic mass is 10.2. The lowest BCUT2D eigenvalue weighted by Gasteiger charge is -2.35. The molecule has 0 radical (unpaired) electrons. The summed E-state index contributed by atoms with van der Waals surface area (Å²) in [4.78, 5) is 9.73. The summed E-state index contributed by atoms with van der Waals surface area (Å²) in [6.07, 6.45) is 4.76. The Hall–Kier alpha value is -2.18. The Morgan fingerprint density at radius 3 is 2.70 bits per heavy atom. The Morgan fingerprint density at radius 2 is 1.96 bits per heavy atom. The second kappa shape index (κ2) is 6.77. The molecular formula is C21H28N6. The van der Waals surface area contributed by atoms with Crippen molar-refractivity contribution in [1.29, 1.82) is 0 Å². The van der Waals surface area contributed by atoms with Crippen molar-refractivity contribution in [1.82, 2.24) is 29.5 Å². The van der Waals surface area contributed by atoms with Gasteiger partial charge in [0.25, 0.3) is 0 Å². The minimum absolute atomic E-state index is 0.892. The highest BCUT2D eigenvalue weighted by Gasteiger charge is 2.31. The molecule has 1 saturated heterocycles. The summed E-state index contributed by atoms with van der Waals surface area (Å²) in [6.45, 7) is 11.0. The number of hydrogen-bond donors (Lipinski definition) is 1. The first-order chi connectivity index (χ1) is 13.2. The van der Waals surface area contributed by atoms with E-state index in [1.807, 2.05) is 13.1 Å². The summed E-state index contributed by atoms with van der Waals surface area (Å²) in [6, 6.07) is 7.44. The van der Waals surface area contributed by atoms with Crippen LogP contribution in [0, 0.1) is 6.92 Å². The van der Waals surface area contributed by atoms with Crippen LogP contribution in [0.3, 0.4) is 0 Å². The van der Waals surface area contributed by atoms with Gasteiger partial charge in [-0.1, -0.05) is 0 Å². The molecule has 0 unspecified atom stereocenters. The van der Waals surface area contributed by atoms with Crippen molar-refractivity contribution in [2.24, 2.45) is 0 Å². The van der Waals surface area contributed by atoms with E-state index in [1.165, 1.54) is 50.4 Å². The van der Waals surface area contributed by atoms with Crippen LogP contribution in [-0.2, 0) is 13.1 Å². The fourth-order valence-corrected chi connectivity index (χ4v) is 4.40. The molecule has 2 fully saturated rings. The zero-order valence-corrected chi connectivity index (χ0v) is 16.3. The van der Waals surface area contributed by atoms with E-state index in [1.54, 1.807) is 0 Å². The number of aryl methyl sites for hydroxylation is 1. The van der Waals surface area contributed by atoms with Gasteiger partial charge in [0.15, 0.2) is 0 Å². The molecule has 3 aromatic rings. The van der Waals surface area contributed by atoms with E-state index in [-0.39, 0.29) is 0 Å². The summed E-state index contributed by atoms with van der Waals surface area (Å²) in [5.41, 5.74) is 5.63. The molecule has 4 heterocycles. The maximum Gasteiger partial charge on any atom is 0.118 e. The third-order valence-electron chi connectivity index (χ3n) is 6.07. The van der Waals surface area contributed by atoms with Crippen LogP contribution in [0.5, 0.6) is 0 Å². The van der Waals surface area contributed by atoms with Gasteiger partial charge in [0, 0.05) is 68.3 Å². The maximum atomic E-state index is 4.61. The average molecular weight is 364 g/mol. The van der Waals surface area contributed by atoms with Gasteiger partial charge in [-0.15, -0.1) is 0 Å². The Bertz CT molecular complexity index is 943. The molecule has 1 aliphatic carbocycles. The minimum Gasteiger partial charge on any atom is -0.342 e. The molecule has 5 rings (SSSR count). The number of rotatable bonds is 5. The SMILES string of the molecule is CCn1c(CN2CCN(C3CC3)CC2)ccc1-c1n[nH]c2cc(C)ncc12. The minimum atomic E-state index is 0.892. The molecule has 3 aromatic heterocycles. The van der Waals surface area contributed by atoms with Crippen LogP contribution in [0.1, 0.15) is 31.2 Å². The first-order valence-corrected chi connectivity index (χ1v) is 10.2. The second-order valence-electron chi connectivity index (χ2n) is 7.94. The first kappa shape index (κ1) is 17.0. The highest BCUT2D eigenvalue weighted by atomic mass is 15.3. The molecule has 0 aromatic carbocycles. The Balaban J connectivity index is 1.38. The van der Waals surface area contributed by atoms with Gasteiger partial charge in [-0.2, -0.15) is 5.10 Å². The summed E-state index contributed by atoms with van der Waals surface area (Å²) in [5.74, 6) is 0. The molecule has 1 N–H and O–H groups in total. The zero-order chi connectivity index (χ0) is 18.4. The lowest BCUT2D eigenvalue weighted by molar-refractivity contribution is 0.119. The van der Waals surface area contributed by atoms with Crippen LogP contribution in [0.25, 0.3) is 22.3 Å². The van der Waals surface area contributed by atoms with E-state index in [4.69, 9.17) is 0 Å². The van der Waals surface area contributed by atoms with Crippen LogP contribution in [-0.4, -0.2) is 61.8 Å². The molecule has 0 bridgehead atoms. The first-order valence-electron chi connectivity index (χ1n) is 10.2. The topological polar surface area (TPSA) is 53.0 Å². The van der Waals surface area contributed by atoms with Crippen molar-refractivity contribution in [3.8, 4) is 11.4 Å². The second-order valence-corrected chi connectivity index (χ2v) is 7.94. The summed E-state index contributed by atoms with van der Waals surface area (Å²) in [5, 5.41) is 8.87. The Labute approximate surface area is 160 Å². The average Bonchev–Trinajstić information content (AvgIpc) is 3.34. The highest BCUT2D eigenvalue weighted by Crippen LogP contribution is 2.30. The smallest absolute Gasteiger partial charge is 0.118 e. The number of nitrogens with zero attached hydrogens (tertiary/aromatic N) is 5. The third kappa shape index (κ3) is 3.17. The van der Waals surface area contributed by atoms with E-state index >= 15 is 0 Å². The van der Waals surface area contributed by atoms with Gasteiger partial charge in [-0.05, 0) is 44.9 Å². The van der Waals surface area contributed by atoms with Gasteiger partial charge in [0.05, 0.1) is 11.2 Å². The number of aromatic nitrogens is 4. The van der Waals surface area contributed by atoms with E-state index in [0.717, 1.165) is 41.4 Å². The molecule has 1 aliphatic heterocycles. The van der Waals surface area contributed by atoms with Gasteiger partial charge in [0.2, 0.25) is 0 Å². The number of hydrogen-bond acceptors (Lipinski definition) is 4. The fourth-order valence-electron chi connectivity index (χ4n) is 4.40. The highest BCUT2D eigenvalue weighted by molar-refractivity contribution is 5.91. The maximum absolute atomic E-state index is 4.61. The third-order valence-corrected chi connectivity index (χ3v) is 6.07. The lowest BCUT2D eigenvalue weighted by Crippen LogP contribution is -2.46. The zero-order valence-electron chi connectivity index (χ0n) is 16.3. The Morgan fingerprint density at radius 1 is 1.15 bits per heavy atom. The molecule has 1 saturated carbocycles. The quantitative estimate of drug-likeness (QED) is 0.756. The summed E-state index contributed by atoms with van der Waals surface area (Å²) in [7, 11) is 0. The standard InChI is InChI=1S/C21H28N6/c1-3-27-17(14-25-8-10-26(11-9-25)16-4-5-16)6-7-20(27)21-18-13-22-15(2)12-19(18)23-24-21/h6-7,12-13,16H,3-5,8-11,14H2,1-2H3,(H,23,24). The van der Waals surface area contributed by atoms with Crippen molar-refractivity contribution in [2.75, 3.05) is 26.2 Å². The van der Waals surface area contributed by atoms with Crippen LogP contribution < -0.4 is 0 Å². The van der Waals surface area contributed by atoms with Gasteiger partial charge in [-0.3, -0.25) is 19.9 Å². The van der Waals surface area contributed by atoms with Crippen molar-refractivity contribution in [3.63, 3.8) is 0 Å². The molecule has 6 heteroatoms. The molecule has 0 atom stereocenters. The Kier molecular flexibility index (Phi) is 4.25. The van der Waals surface area contributed by atoms with E-state index < -0.39 is 0 Å². The molecule has 142 valence electrons. The summed E-state index contributed by atoms with van der Waals surface area (Å²) >= 11 is 0. The molecule has 2 aliphatic rings. The predicted octanol–water partition coefficient (Wildman–Crippen LogP) is 3.03. The number of nitrogens with one attached hydrogen (secondary N) is 1.